The Morgan fingerprint density at radius 3 is 2.33 bits per heavy atom. The SMILES string of the molecule is Cc1oc(C)c(C(=NC2CCCCC2)NN)c1C. The van der Waals surface area contributed by atoms with E-state index in [1.807, 2.05) is 13.8 Å². The van der Waals surface area contributed by atoms with E-state index in [0.717, 1.165) is 28.5 Å². The molecule has 0 atom stereocenters. The zero-order valence-corrected chi connectivity index (χ0v) is 11.5. The highest BCUT2D eigenvalue weighted by Gasteiger charge is 2.19. The zero-order chi connectivity index (χ0) is 13.1. The molecular formula is C14H23N3O. The standard InChI is InChI=1S/C14H23N3O/c1-9-10(2)18-11(3)13(9)14(17-15)16-12-7-5-4-6-8-12/h12H,4-8,15H2,1-3H3,(H,16,17). The Morgan fingerprint density at radius 1 is 1.17 bits per heavy atom. The molecule has 1 aliphatic rings. The molecule has 0 aliphatic heterocycles. The summed E-state index contributed by atoms with van der Waals surface area (Å²) in [6.07, 6.45) is 6.21. The Bertz CT molecular complexity index is 442. The first kappa shape index (κ1) is 13.1. The molecule has 1 saturated carbocycles. The van der Waals surface area contributed by atoms with E-state index in [2.05, 4.69) is 12.3 Å². The lowest BCUT2D eigenvalue weighted by Crippen LogP contribution is -2.33. The average molecular weight is 249 g/mol. The van der Waals surface area contributed by atoms with Gasteiger partial charge in [0.1, 0.15) is 17.4 Å². The highest BCUT2D eigenvalue weighted by Crippen LogP contribution is 2.24. The van der Waals surface area contributed by atoms with Gasteiger partial charge in [0, 0.05) is 5.56 Å². The summed E-state index contributed by atoms with van der Waals surface area (Å²) < 4.78 is 5.64. The normalized spacial score (nSPS) is 18.1. The van der Waals surface area contributed by atoms with Crippen LogP contribution in [0.5, 0.6) is 0 Å². The van der Waals surface area contributed by atoms with Gasteiger partial charge in [-0.3, -0.25) is 4.99 Å². The molecule has 0 spiro atoms. The topological polar surface area (TPSA) is 63.5 Å². The second-order valence-electron chi connectivity index (χ2n) is 5.13. The molecule has 4 nitrogen and oxygen atoms in total. The van der Waals surface area contributed by atoms with Crippen molar-refractivity contribution < 1.29 is 4.42 Å². The maximum absolute atomic E-state index is 5.65. The number of nitrogens with two attached hydrogens (primary N) is 1. The number of aryl methyl sites for hydroxylation is 2. The Labute approximate surface area is 109 Å². The Kier molecular flexibility index (Phi) is 4.07. The molecule has 1 aromatic heterocycles. The molecule has 0 radical (unpaired) electrons. The molecule has 0 bridgehead atoms. The number of hydrazine groups is 1. The van der Waals surface area contributed by atoms with Crippen molar-refractivity contribution in [2.45, 2.75) is 58.9 Å². The number of hydrogen-bond acceptors (Lipinski definition) is 3. The maximum Gasteiger partial charge on any atom is 0.146 e. The van der Waals surface area contributed by atoms with Crippen molar-refractivity contribution in [3.05, 3.63) is 22.6 Å². The molecule has 1 heterocycles. The van der Waals surface area contributed by atoms with Gasteiger partial charge in [-0.25, -0.2) is 5.84 Å². The molecule has 2 rings (SSSR count). The number of nitrogens with zero attached hydrogens (tertiary/aromatic N) is 1. The van der Waals surface area contributed by atoms with Crippen LogP contribution in [0.1, 0.15) is 54.8 Å². The molecule has 0 amide bonds. The lowest BCUT2D eigenvalue weighted by atomic mass is 9.96. The summed E-state index contributed by atoms with van der Waals surface area (Å²) in [4.78, 5) is 4.78. The third-order valence-corrected chi connectivity index (χ3v) is 3.82. The molecule has 3 N–H and O–H groups in total. The fourth-order valence-electron chi connectivity index (χ4n) is 2.71. The van der Waals surface area contributed by atoms with Crippen LogP contribution in [0.25, 0.3) is 0 Å². The molecule has 1 fully saturated rings. The zero-order valence-electron chi connectivity index (χ0n) is 11.5. The third-order valence-electron chi connectivity index (χ3n) is 3.82. The van der Waals surface area contributed by atoms with Crippen molar-refractivity contribution >= 4 is 5.84 Å². The fourth-order valence-corrected chi connectivity index (χ4v) is 2.71. The number of nitrogens with one attached hydrogen (secondary N) is 1. The van der Waals surface area contributed by atoms with E-state index in [9.17, 15) is 0 Å². The Hall–Kier alpha value is -1.29. The van der Waals surface area contributed by atoms with Crippen molar-refractivity contribution in [1.29, 1.82) is 0 Å². The predicted molar refractivity (Wildman–Crippen MR) is 73.7 cm³/mol. The first-order valence-electron chi connectivity index (χ1n) is 6.75. The number of hydrogen-bond donors (Lipinski definition) is 2. The molecule has 0 aromatic carbocycles. The van der Waals surface area contributed by atoms with Crippen molar-refractivity contribution in [1.82, 2.24) is 5.43 Å². The minimum Gasteiger partial charge on any atom is -0.466 e. The molecule has 0 unspecified atom stereocenters. The van der Waals surface area contributed by atoms with Gasteiger partial charge in [0.05, 0.1) is 11.6 Å². The minimum absolute atomic E-state index is 0.402. The van der Waals surface area contributed by atoms with Gasteiger partial charge >= 0.3 is 0 Å². The minimum atomic E-state index is 0.402. The molecule has 1 aromatic rings. The van der Waals surface area contributed by atoms with Crippen LogP contribution in [0.4, 0.5) is 0 Å². The van der Waals surface area contributed by atoms with E-state index in [4.69, 9.17) is 15.3 Å². The molecule has 0 saturated heterocycles. The first-order valence-corrected chi connectivity index (χ1v) is 6.75. The third kappa shape index (κ3) is 2.58. The van der Waals surface area contributed by atoms with E-state index in [0.29, 0.717) is 6.04 Å². The monoisotopic (exact) mass is 249 g/mol. The van der Waals surface area contributed by atoms with Crippen molar-refractivity contribution in [2.75, 3.05) is 0 Å². The first-order chi connectivity index (χ1) is 8.63. The quantitative estimate of drug-likeness (QED) is 0.366. The van der Waals surface area contributed by atoms with Crippen LogP contribution < -0.4 is 11.3 Å². The summed E-state index contributed by atoms with van der Waals surface area (Å²) in [5, 5.41) is 0. The second kappa shape index (κ2) is 5.57. The fraction of sp³-hybridized carbons (Fsp3) is 0.643. The van der Waals surface area contributed by atoms with E-state index in [-0.39, 0.29) is 0 Å². The smallest absolute Gasteiger partial charge is 0.146 e. The van der Waals surface area contributed by atoms with Crippen LogP contribution >= 0.6 is 0 Å². The van der Waals surface area contributed by atoms with E-state index >= 15 is 0 Å². The van der Waals surface area contributed by atoms with Gasteiger partial charge in [0.2, 0.25) is 0 Å². The number of rotatable bonds is 2. The van der Waals surface area contributed by atoms with Crippen LogP contribution in [-0.2, 0) is 0 Å². The van der Waals surface area contributed by atoms with Crippen LogP contribution in [0.2, 0.25) is 0 Å². The van der Waals surface area contributed by atoms with Gasteiger partial charge in [-0.2, -0.15) is 0 Å². The number of amidine groups is 1. The van der Waals surface area contributed by atoms with Crippen molar-refractivity contribution in [3.63, 3.8) is 0 Å². The summed E-state index contributed by atoms with van der Waals surface area (Å²) >= 11 is 0. The largest absolute Gasteiger partial charge is 0.466 e. The van der Waals surface area contributed by atoms with Gasteiger partial charge in [0.15, 0.2) is 0 Å². The van der Waals surface area contributed by atoms with Gasteiger partial charge in [0.25, 0.3) is 0 Å². The Balaban J connectivity index is 2.29. The lowest BCUT2D eigenvalue weighted by molar-refractivity contribution is 0.442. The van der Waals surface area contributed by atoms with E-state index < -0.39 is 0 Å². The molecule has 4 heteroatoms. The van der Waals surface area contributed by atoms with Crippen molar-refractivity contribution in [2.24, 2.45) is 10.8 Å². The summed E-state index contributed by atoms with van der Waals surface area (Å²) in [5.41, 5.74) is 4.90. The summed E-state index contributed by atoms with van der Waals surface area (Å²) in [5.74, 6) is 8.24. The van der Waals surface area contributed by atoms with Gasteiger partial charge in [-0.1, -0.05) is 19.3 Å². The van der Waals surface area contributed by atoms with Gasteiger partial charge in [-0.15, -0.1) is 0 Å². The highest BCUT2D eigenvalue weighted by atomic mass is 16.3. The van der Waals surface area contributed by atoms with Gasteiger partial charge < -0.3 is 9.84 Å². The molecular weight excluding hydrogens is 226 g/mol. The summed E-state index contributed by atoms with van der Waals surface area (Å²) in [7, 11) is 0. The number of aliphatic imine (C=N–C) groups is 1. The van der Waals surface area contributed by atoms with Crippen LogP contribution in [0.3, 0.4) is 0 Å². The van der Waals surface area contributed by atoms with E-state index in [1.165, 1.54) is 32.1 Å². The average Bonchev–Trinajstić information content (AvgIpc) is 2.62. The molecule has 18 heavy (non-hydrogen) atoms. The molecule has 100 valence electrons. The summed E-state index contributed by atoms with van der Waals surface area (Å²) in [6.45, 7) is 5.98. The van der Waals surface area contributed by atoms with Crippen LogP contribution in [-0.4, -0.2) is 11.9 Å². The van der Waals surface area contributed by atoms with Crippen LogP contribution in [0, 0.1) is 20.8 Å². The highest BCUT2D eigenvalue weighted by molar-refractivity contribution is 6.00. The van der Waals surface area contributed by atoms with Gasteiger partial charge in [-0.05, 0) is 33.6 Å². The maximum atomic E-state index is 5.65. The molecule has 1 aliphatic carbocycles. The summed E-state index contributed by atoms with van der Waals surface area (Å²) in [6, 6.07) is 0.402. The Morgan fingerprint density at radius 2 is 1.83 bits per heavy atom. The van der Waals surface area contributed by atoms with Crippen LogP contribution in [0.15, 0.2) is 9.41 Å². The van der Waals surface area contributed by atoms with E-state index in [1.54, 1.807) is 0 Å². The van der Waals surface area contributed by atoms with Crippen molar-refractivity contribution in [3.8, 4) is 0 Å². The second-order valence-corrected chi connectivity index (χ2v) is 5.13. The number of furan rings is 1. The predicted octanol–water partition coefficient (Wildman–Crippen LogP) is 2.75. The lowest BCUT2D eigenvalue weighted by Gasteiger charge is -2.19.